The quantitative estimate of drug-likeness (QED) is 0.166. The average Bonchev–Trinajstić information content (AvgIpc) is 3.83. The average molecular weight is 747 g/mol. The number of benzene rings is 5. The van der Waals surface area contributed by atoms with Crippen molar-refractivity contribution < 1.29 is 0 Å². The Morgan fingerprint density at radius 3 is 2.09 bits per heavy atom. The first-order valence-electron chi connectivity index (χ1n) is 21.6. The van der Waals surface area contributed by atoms with Crippen molar-refractivity contribution in [2.75, 3.05) is 9.80 Å². The SMILES string of the molecule is Cc1cccc(C)c1N1c2cc3c(cc2B2c4sc5ccc(C67CC8CC9CC(C6)C97C8)cc5c4N(c4ccccc4)c4cccc1c42)C(C)(C)CCC3(C)C. The van der Waals surface area contributed by atoms with Crippen molar-refractivity contribution in [3.63, 3.8) is 0 Å². The molecule has 0 N–H and O–H groups in total. The Morgan fingerprint density at radius 2 is 1.36 bits per heavy atom. The van der Waals surface area contributed by atoms with Gasteiger partial charge < -0.3 is 9.80 Å². The molecule has 3 heterocycles. The Balaban J connectivity index is 1.12. The summed E-state index contributed by atoms with van der Waals surface area (Å²) in [7, 11) is 0. The third kappa shape index (κ3) is 3.74. The summed E-state index contributed by atoms with van der Waals surface area (Å²) in [4.78, 5) is 5.33. The molecule has 1 spiro atoms. The highest BCUT2D eigenvalue weighted by molar-refractivity contribution is 7.33. The molecule has 4 heteroatoms. The number of nitrogens with zero attached hydrogens (tertiary/aromatic N) is 2. The first kappa shape index (κ1) is 32.8. The second-order valence-corrected chi connectivity index (χ2v) is 21.7. The van der Waals surface area contributed by atoms with Crippen LogP contribution in [0.4, 0.5) is 34.1 Å². The number of hydrogen-bond acceptors (Lipinski definition) is 3. The monoisotopic (exact) mass is 746 g/mol. The zero-order chi connectivity index (χ0) is 37.7. The van der Waals surface area contributed by atoms with Gasteiger partial charge in [0.1, 0.15) is 0 Å². The van der Waals surface area contributed by atoms with E-state index in [1.54, 1.807) is 11.1 Å². The molecule has 4 saturated carbocycles. The minimum atomic E-state index is 0.114. The first-order valence-corrected chi connectivity index (χ1v) is 22.4. The van der Waals surface area contributed by atoms with Crippen LogP contribution in [0, 0.1) is 37.0 Å². The lowest BCUT2D eigenvalue weighted by atomic mass is 9.31. The highest BCUT2D eigenvalue weighted by Crippen LogP contribution is 2.86. The van der Waals surface area contributed by atoms with Crippen LogP contribution in [0.15, 0.2) is 97.1 Å². The number of para-hydroxylation sites is 2. The summed E-state index contributed by atoms with van der Waals surface area (Å²) < 4.78 is 2.94. The fraction of sp³-hybridized carbons (Fsp3) is 0.385. The lowest BCUT2D eigenvalue weighted by molar-refractivity contribution is -0.198. The van der Waals surface area contributed by atoms with Crippen molar-refractivity contribution in [3.05, 3.63) is 125 Å². The van der Waals surface area contributed by atoms with Crippen molar-refractivity contribution in [2.24, 2.45) is 23.2 Å². The molecule has 5 aliphatic carbocycles. The predicted octanol–water partition coefficient (Wildman–Crippen LogP) is 12.0. The van der Waals surface area contributed by atoms with Gasteiger partial charge in [0.15, 0.2) is 0 Å². The molecule has 7 aliphatic rings. The molecule has 4 fully saturated rings. The molecule has 6 aromatic rings. The van der Waals surface area contributed by atoms with E-state index in [1.807, 2.05) is 0 Å². The van der Waals surface area contributed by atoms with Gasteiger partial charge in [-0.2, -0.15) is 0 Å². The summed E-state index contributed by atoms with van der Waals surface area (Å²) in [6.07, 6.45) is 9.78. The van der Waals surface area contributed by atoms with Crippen LogP contribution in [0.5, 0.6) is 0 Å². The predicted molar refractivity (Wildman–Crippen MR) is 238 cm³/mol. The van der Waals surface area contributed by atoms with Gasteiger partial charge >= 0.3 is 0 Å². The summed E-state index contributed by atoms with van der Waals surface area (Å²) in [5, 5.41) is 1.47. The van der Waals surface area contributed by atoms with Crippen molar-refractivity contribution in [1.82, 2.24) is 0 Å². The van der Waals surface area contributed by atoms with Crippen LogP contribution in [0.2, 0.25) is 0 Å². The number of fused-ring (bicyclic) bond motifs is 8. The lowest BCUT2D eigenvalue weighted by Crippen LogP contribution is -2.68. The van der Waals surface area contributed by atoms with Gasteiger partial charge in [-0.15, -0.1) is 11.3 Å². The maximum absolute atomic E-state index is 2.72. The third-order valence-corrected chi connectivity index (χ3v) is 18.4. The largest absolute Gasteiger partial charge is 0.311 e. The molecule has 0 saturated heterocycles. The van der Waals surface area contributed by atoms with Crippen molar-refractivity contribution in [2.45, 2.75) is 103 Å². The van der Waals surface area contributed by atoms with Gasteiger partial charge in [-0.3, -0.25) is 0 Å². The summed E-state index contributed by atoms with van der Waals surface area (Å²) in [6.45, 7) is 14.7. The molecule has 0 amide bonds. The molecule has 5 unspecified atom stereocenters. The highest BCUT2D eigenvalue weighted by Gasteiger charge is 2.80. The molecule has 56 heavy (non-hydrogen) atoms. The molecule has 1 aromatic heterocycles. The summed E-state index contributed by atoms with van der Waals surface area (Å²) >= 11 is 2.07. The Kier molecular flexibility index (Phi) is 6.10. The first-order chi connectivity index (χ1) is 27.0. The molecular weight excluding hydrogens is 695 g/mol. The Bertz CT molecular complexity index is 2700. The molecule has 0 radical (unpaired) electrons. The number of anilines is 6. The Morgan fingerprint density at radius 1 is 0.643 bits per heavy atom. The topological polar surface area (TPSA) is 6.48 Å². The van der Waals surface area contributed by atoms with Crippen molar-refractivity contribution >= 4 is 78.0 Å². The lowest BCUT2D eigenvalue weighted by Gasteiger charge is -2.73. The molecule has 13 rings (SSSR count). The minimum absolute atomic E-state index is 0.114. The van der Waals surface area contributed by atoms with Crippen LogP contribution in [0.1, 0.15) is 100 Å². The maximum Gasteiger partial charge on any atom is 0.264 e. The summed E-state index contributed by atoms with van der Waals surface area (Å²) in [6, 6.07) is 38.5. The van der Waals surface area contributed by atoms with E-state index in [9.17, 15) is 0 Å². The number of thiophene rings is 1. The smallest absolute Gasteiger partial charge is 0.264 e. The third-order valence-electron chi connectivity index (χ3n) is 17.2. The Hall–Kier alpha value is -4.28. The molecule has 5 aromatic carbocycles. The fourth-order valence-corrected chi connectivity index (χ4v) is 16.0. The fourth-order valence-electron chi connectivity index (χ4n) is 14.7. The zero-order valence-corrected chi connectivity index (χ0v) is 34.6. The van der Waals surface area contributed by atoms with Crippen LogP contribution >= 0.6 is 11.3 Å². The minimum Gasteiger partial charge on any atom is -0.311 e. The molecule has 2 nitrogen and oxygen atoms in total. The van der Waals surface area contributed by atoms with E-state index in [0.29, 0.717) is 10.8 Å². The zero-order valence-electron chi connectivity index (χ0n) is 33.8. The Labute approximate surface area is 337 Å². The summed E-state index contributed by atoms with van der Waals surface area (Å²) in [5.41, 5.74) is 19.6. The van der Waals surface area contributed by atoms with E-state index < -0.39 is 0 Å². The van der Waals surface area contributed by atoms with E-state index in [-0.39, 0.29) is 17.5 Å². The maximum atomic E-state index is 2.72. The van der Waals surface area contributed by atoms with E-state index in [0.717, 1.165) is 17.8 Å². The van der Waals surface area contributed by atoms with Gasteiger partial charge in [0.05, 0.1) is 11.4 Å². The van der Waals surface area contributed by atoms with Gasteiger partial charge in [-0.05, 0) is 174 Å². The van der Waals surface area contributed by atoms with Crippen molar-refractivity contribution in [3.8, 4) is 0 Å². The van der Waals surface area contributed by atoms with Gasteiger partial charge in [-0.1, -0.05) is 82.3 Å². The van der Waals surface area contributed by atoms with E-state index in [2.05, 4.69) is 160 Å². The molecule has 2 bridgehead atoms. The van der Waals surface area contributed by atoms with Crippen molar-refractivity contribution in [1.29, 1.82) is 0 Å². The molecule has 5 atom stereocenters. The van der Waals surface area contributed by atoms with E-state index >= 15 is 0 Å². The second kappa shape index (κ2) is 10.4. The molecule has 2 aliphatic heterocycles. The van der Waals surface area contributed by atoms with Gasteiger partial charge in [0.2, 0.25) is 0 Å². The van der Waals surface area contributed by atoms with Gasteiger partial charge in [-0.25, -0.2) is 0 Å². The molecular formula is C52H51BN2S. The van der Waals surface area contributed by atoms with Gasteiger partial charge in [0.25, 0.3) is 6.71 Å². The van der Waals surface area contributed by atoms with Crippen LogP contribution in [-0.4, -0.2) is 6.71 Å². The normalized spacial score (nSPS) is 28.9. The number of aryl methyl sites for hydroxylation is 2. The highest BCUT2D eigenvalue weighted by atomic mass is 32.1. The van der Waals surface area contributed by atoms with E-state index in [4.69, 9.17) is 0 Å². The van der Waals surface area contributed by atoms with Crippen LogP contribution in [0.3, 0.4) is 0 Å². The van der Waals surface area contributed by atoms with Crippen LogP contribution < -0.4 is 25.5 Å². The van der Waals surface area contributed by atoms with Gasteiger partial charge in [0, 0.05) is 43.0 Å². The second-order valence-electron chi connectivity index (χ2n) is 20.6. The summed E-state index contributed by atoms with van der Waals surface area (Å²) in [5.74, 6) is 2.92. The number of hydrogen-bond donors (Lipinski definition) is 0. The molecule has 278 valence electrons. The van der Waals surface area contributed by atoms with Crippen LogP contribution in [0.25, 0.3) is 10.1 Å². The number of rotatable bonds is 3. The standard InChI is InChI=1S/C52H51BN2S/c1-30-12-10-13-31(2)46(30)55-42-17-11-16-41-45(42)53(40-25-38-39(26-43(40)55)50(5,6)21-20-49(38,3)4)48-47(54(41)36-14-8-7-9-15-36)37-24-33(18-19-44(37)56-48)51-27-32-22-34-23-35(29-51)52(34,51)28-32/h7-19,24-26,32,34-35H,20-23,27-29H2,1-6H3. The van der Waals surface area contributed by atoms with Crippen LogP contribution in [-0.2, 0) is 16.2 Å². The van der Waals surface area contributed by atoms with E-state index in [1.165, 1.54) is 122 Å².